The molecule has 0 unspecified atom stereocenters. The summed E-state index contributed by atoms with van der Waals surface area (Å²) in [6.07, 6.45) is 4.78. The van der Waals surface area contributed by atoms with E-state index in [-0.39, 0.29) is 0 Å². The van der Waals surface area contributed by atoms with Crippen molar-refractivity contribution in [1.29, 1.82) is 0 Å². The Hall–Kier alpha value is -1.69. The third-order valence-corrected chi connectivity index (χ3v) is 4.81. The number of hydrogen-bond donors (Lipinski definition) is 1. The predicted octanol–water partition coefficient (Wildman–Crippen LogP) is 2.86. The quantitative estimate of drug-likeness (QED) is 0.917. The summed E-state index contributed by atoms with van der Waals surface area (Å²) in [7, 11) is 0. The smallest absolute Gasteiger partial charge is 0.231 e. The van der Waals surface area contributed by atoms with E-state index in [2.05, 4.69) is 40.7 Å². The summed E-state index contributed by atoms with van der Waals surface area (Å²) in [5, 5.41) is 8.79. The van der Waals surface area contributed by atoms with Gasteiger partial charge in [-0.05, 0) is 32.6 Å². The lowest BCUT2D eigenvalue weighted by molar-refractivity contribution is 0.352. The van der Waals surface area contributed by atoms with Crippen LogP contribution in [-0.2, 0) is 18.5 Å². The number of rotatable bonds is 5. The molecule has 2 heterocycles. The second-order valence-corrected chi connectivity index (χ2v) is 7.28. The minimum atomic E-state index is -0.395. The average Bonchev–Trinajstić information content (AvgIpc) is 3.17. The van der Waals surface area contributed by atoms with E-state index in [9.17, 15) is 0 Å². The Morgan fingerprint density at radius 2 is 1.96 bits per heavy atom. The molecule has 126 valence electrons. The SMILES string of the molecule is Cc1nn(CC(C)C)c(C)c1Cc1nc(C2(N)CCCC2)no1. The molecule has 2 aromatic rings. The summed E-state index contributed by atoms with van der Waals surface area (Å²) in [5.41, 5.74) is 9.40. The van der Waals surface area contributed by atoms with Gasteiger partial charge >= 0.3 is 0 Å². The van der Waals surface area contributed by atoms with Crippen LogP contribution < -0.4 is 5.73 Å². The first-order valence-electron chi connectivity index (χ1n) is 8.54. The molecule has 23 heavy (non-hydrogen) atoms. The first-order chi connectivity index (χ1) is 10.9. The van der Waals surface area contributed by atoms with Gasteiger partial charge in [-0.25, -0.2) is 0 Å². The minimum Gasteiger partial charge on any atom is -0.339 e. The van der Waals surface area contributed by atoms with Gasteiger partial charge < -0.3 is 10.3 Å². The molecule has 0 aliphatic heterocycles. The molecule has 0 saturated heterocycles. The van der Waals surface area contributed by atoms with Crippen LogP contribution in [0.4, 0.5) is 0 Å². The van der Waals surface area contributed by atoms with Crippen molar-refractivity contribution in [3.8, 4) is 0 Å². The lowest BCUT2D eigenvalue weighted by Gasteiger charge is -2.17. The molecule has 1 aliphatic carbocycles. The summed E-state index contributed by atoms with van der Waals surface area (Å²) in [5.74, 6) is 1.86. The second-order valence-electron chi connectivity index (χ2n) is 7.28. The van der Waals surface area contributed by atoms with Crippen LogP contribution in [0.1, 0.15) is 68.2 Å². The monoisotopic (exact) mass is 317 g/mol. The molecule has 0 atom stereocenters. The third-order valence-electron chi connectivity index (χ3n) is 4.81. The maximum absolute atomic E-state index is 6.40. The fraction of sp³-hybridized carbons (Fsp3) is 0.706. The molecule has 6 nitrogen and oxygen atoms in total. The number of aromatic nitrogens is 4. The predicted molar refractivity (Wildman–Crippen MR) is 88.0 cm³/mol. The first-order valence-corrected chi connectivity index (χ1v) is 8.54. The summed E-state index contributed by atoms with van der Waals surface area (Å²) in [6.45, 7) is 9.47. The lowest BCUT2D eigenvalue weighted by atomic mass is 9.98. The highest BCUT2D eigenvalue weighted by molar-refractivity contribution is 5.27. The van der Waals surface area contributed by atoms with Crippen LogP contribution in [0, 0.1) is 19.8 Å². The molecule has 0 amide bonds. The molecule has 0 bridgehead atoms. The van der Waals surface area contributed by atoms with Crippen molar-refractivity contribution in [3.63, 3.8) is 0 Å². The molecule has 3 rings (SSSR count). The Morgan fingerprint density at radius 1 is 1.26 bits per heavy atom. The van der Waals surface area contributed by atoms with Gasteiger partial charge in [0.25, 0.3) is 0 Å². The van der Waals surface area contributed by atoms with E-state index in [4.69, 9.17) is 10.3 Å². The van der Waals surface area contributed by atoms with Crippen LogP contribution in [0.25, 0.3) is 0 Å². The van der Waals surface area contributed by atoms with Crippen LogP contribution in [-0.4, -0.2) is 19.9 Å². The van der Waals surface area contributed by atoms with E-state index < -0.39 is 5.54 Å². The van der Waals surface area contributed by atoms with E-state index >= 15 is 0 Å². The molecule has 0 radical (unpaired) electrons. The third kappa shape index (κ3) is 3.17. The van der Waals surface area contributed by atoms with E-state index in [1.807, 2.05) is 6.92 Å². The Balaban J connectivity index is 1.80. The van der Waals surface area contributed by atoms with Crippen LogP contribution in [0.2, 0.25) is 0 Å². The standard InChI is InChI=1S/C17H27N5O/c1-11(2)10-22-13(4)14(12(3)20-22)9-15-19-16(21-23-15)17(18)7-5-6-8-17/h11H,5-10,18H2,1-4H3. The Kier molecular flexibility index (Phi) is 4.27. The number of hydrogen-bond acceptors (Lipinski definition) is 5. The fourth-order valence-electron chi connectivity index (χ4n) is 3.42. The Morgan fingerprint density at radius 3 is 2.61 bits per heavy atom. The van der Waals surface area contributed by atoms with Gasteiger partial charge in [-0.2, -0.15) is 10.1 Å². The van der Waals surface area contributed by atoms with Crippen molar-refractivity contribution in [3.05, 3.63) is 28.7 Å². The zero-order chi connectivity index (χ0) is 16.6. The maximum Gasteiger partial charge on any atom is 0.231 e. The summed E-state index contributed by atoms with van der Waals surface area (Å²) < 4.78 is 7.55. The minimum absolute atomic E-state index is 0.395. The highest BCUT2D eigenvalue weighted by Gasteiger charge is 2.36. The van der Waals surface area contributed by atoms with Gasteiger partial charge in [0.05, 0.1) is 17.7 Å². The molecule has 0 aromatic carbocycles. The van der Waals surface area contributed by atoms with E-state index in [1.54, 1.807) is 0 Å². The zero-order valence-corrected chi connectivity index (χ0v) is 14.6. The summed E-state index contributed by atoms with van der Waals surface area (Å²) in [4.78, 5) is 4.57. The van der Waals surface area contributed by atoms with Crippen molar-refractivity contribution in [2.75, 3.05) is 0 Å². The average molecular weight is 317 g/mol. The highest BCUT2D eigenvalue weighted by atomic mass is 16.5. The zero-order valence-electron chi connectivity index (χ0n) is 14.6. The van der Waals surface area contributed by atoms with Crippen LogP contribution in [0.15, 0.2) is 4.52 Å². The molecule has 2 N–H and O–H groups in total. The van der Waals surface area contributed by atoms with Crippen LogP contribution in [0.3, 0.4) is 0 Å². The summed E-state index contributed by atoms with van der Waals surface area (Å²) >= 11 is 0. The van der Waals surface area contributed by atoms with Gasteiger partial charge in [-0.1, -0.05) is 31.8 Å². The number of nitrogens with two attached hydrogens (primary N) is 1. The van der Waals surface area contributed by atoms with Gasteiger partial charge in [0, 0.05) is 17.8 Å². The van der Waals surface area contributed by atoms with Gasteiger partial charge in [0.15, 0.2) is 5.82 Å². The number of aryl methyl sites for hydroxylation is 1. The van der Waals surface area contributed by atoms with Crippen LogP contribution >= 0.6 is 0 Å². The van der Waals surface area contributed by atoms with Crippen molar-refractivity contribution >= 4 is 0 Å². The van der Waals surface area contributed by atoms with Crippen molar-refractivity contribution in [1.82, 2.24) is 19.9 Å². The molecule has 0 spiro atoms. The normalized spacial score (nSPS) is 17.3. The molecule has 6 heteroatoms. The van der Waals surface area contributed by atoms with E-state index in [0.29, 0.717) is 24.1 Å². The summed E-state index contributed by atoms with van der Waals surface area (Å²) in [6, 6.07) is 0. The second kappa shape index (κ2) is 6.07. The van der Waals surface area contributed by atoms with E-state index in [1.165, 1.54) is 11.3 Å². The van der Waals surface area contributed by atoms with Crippen molar-refractivity contribution in [2.45, 2.75) is 71.9 Å². The van der Waals surface area contributed by atoms with Crippen molar-refractivity contribution in [2.24, 2.45) is 11.7 Å². The highest BCUT2D eigenvalue weighted by Crippen LogP contribution is 2.34. The van der Waals surface area contributed by atoms with E-state index in [0.717, 1.165) is 37.9 Å². The maximum atomic E-state index is 6.40. The molecule has 1 fully saturated rings. The molecule has 1 saturated carbocycles. The Bertz CT molecular complexity index is 679. The van der Waals surface area contributed by atoms with Crippen molar-refractivity contribution < 1.29 is 4.52 Å². The Labute approximate surface area is 137 Å². The number of nitrogens with zero attached hydrogens (tertiary/aromatic N) is 4. The largest absolute Gasteiger partial charge is 0.339 e. The molecule has 2 aromatic heterocycles. The fourth-order valence-corrected chi connectivity index (χ4v) is 3.42. The van der Waals surface area contributed by atoms with Gasteiger partial charge in [-0.15, -0.1) is 0 Å². The molecule has 1 aliphatic rings. The van der Waals surface area contributed by atoms with Gasteiger partial charge in [0.2, 0.25) is 5.89 Å². The topological polar surface area (TPSA) is 82.8 Å². The molecular weight excluding hydrogens is 290 g/mol. The lowest BCUT2D eigenvalue weighted by Crippen LogP contribution is -2.34. The van der Waals surface area contributed by atoms with Crippen LogP contribution in [0.5, 0.6) is 0 Å². The first kappa shape index (κ1) is 16.2. The van der Waals surface area contributed by atoms with Gasteiger partial charge in [-0.3, -0.25) is 4.68 Å². The molecular formula is C17H27N5O. The van der Waals surface area contributed by atoms with Gasteiger partial charge in [0.1, 0.15) is 0 Å².